The number of phenolic OH excluding ortho intramolecular Hbond substituents is 1. The Balaban J connectivity index is 2.10. The Bertz CT molecular complexity index is 1050. The number of benzene rings is 3. The molecular weight excluding hydrogens is 296 g/mol. The maximum atomic E-state index is 9.75. The molecule has 0 aliphatic heterocycles. The monoisotopic (exact) mass is 314 g/mol. The summed E-state index contributed by atoms with van der Waals surface area (Å²) in [4.78, 5) is 4.88. The van der Waals surface area contributed by atoms with Gasteiger partial charge in [-0.3, -0.25) is 4.57 Å². The van der Waals surface area contributed by atoms with E-state index >= 15 is 0 Å². The van der Waals surface area contributed by atoms with Crippen molar-refractivity contribution in [1.82, 2.24) is 9.55 Å². The maximum absolute atomic E-state index is 9.75. The van der Waals surface area contributed by atoms with Crippen molar-refractivity contribution in [1.29, 1.82) is 0 Å². The zero-order chi connectivity index (χ0) is 16.7. The highest BCUT2D eigenvalue weighted by atomic mass is 16.3. The van der Waals surface area contributed by atoms with Gasteiger partial charge in [-0.1, -0.05) is 36.4 Å². The van der Waals surface area contributed by atoms with Gasteiger partial charge >= 0.3 is 0 Å². The molecule has 0 saturated heterocycles. The number of aromatic hydroxyl groups is 1. The zero-order valence-electron chi connectivity index (χ0n) is 13.7. The second-order valence-corrected chi connectivity index (χ2v) is 6.05. The van der Waals surface area contributed by atoms with Gasteiger partial charge in [0.25, 0.3) is 0 Å². The largest absolute Gasteiger partial charge is 0.508 e. The molecule has 3 aromatic carbocycles. The summed E-state index contributed by atoms with van der Waals surface area (Å²) < 4.78 is 2.17. The van der Waals surface area contributed by atoms with E-state index in [2.05, 4.69) is 29.7 Å². The summed E-state index contributed by atoms with van der Waals surface area (Å²) in [6.45, 7) is 4.11. The SMILES string of the molecule is Cc1ccccc1-c1nc2ccccc2n1-c1ccc(O)cc1C. The van der Waals surface area contributed by atoms with E-state index in [0.29, 0.717) is 0 Å². The maximum Gasteiger partial charge on any atom is 0.145 e. The van der Waals surface area contributed by atoms with Crippen LogP contribution in [0, 0.1) is 13.8 Å². The Hall–Kier alpha value is -3.07. The molecule has 118 valence electrons. The molecule has 0 fully saturated rings. The third kappa shape index (κ3) is 2.26. The van der Waals surface area contributed by atoms with Crippen molar-refractivity contribution < 1.29 is 5.11 Å². The Labute approximate surface area is 140 Å². The summed E-state index contributed by atoms with van der Waals surface area (Å²) in [7, 11) is 0. The Morgan fingerprint density at radius 1 is 0.833 bits per heavy atom. The predicted molar refractivity (Wildman–Crippen MR) is 97.6 cm³/mol. The second-order valence-electron chi connectivity index (χ2n) is 6.05. The number of rotatable bonds is 2. The number of phenols is 1. The van der Waals surface area contributed by atoms with Crippen LogP contribution in [0.1, 0.15) is 11.1 Å². The molecule has 0 unspecified atom stereocenters. The molecule has 0 aliphatic rings. The van der Waals surface area contributed by atoms with Crippen molar-refractivity contribution in [2.45, 2.75) is 13.8 Å². The van der Waals surface area contributed by atoms with Crippen LogP contribution in [0.4, 0.5) is 0 Å². The molecule has 1 heterocycles. The van der Waals surface area contributed by atoms with Gasteiger partial charge in [0.2, 0.25) is 0 Å². The van der Waals surface area contributed by atoms with E-state index in [1.54, 1.807) is 12.1 Å². The Morgan fingerprint density at radius 3 is 2.38 bits per heavy atom. The molecule has 0 amide bonds. The highest BCUT2D eigenvalue weighted by Gasteiger charge is 2.16. The molecule has 24 heavy (non-hydrogen) atoms. The molecule has 0 radical (unpaired) electrons. The van der Waals surface area contributed by atoms with Gasteiger partial charge in [-0.2, -0.15) is 0 Å². The minimum absolute atomic E-state index is 0.276. The van der Waals surface area contributed by atoms with Crippen LogP contribution < -0.4 is 0 Å². The van der Waals surface area contributed by atoms with Crippen molar-refractivity contribution in [2.75, 3.05) is 0 Å². The highest BCUT2D eigenvalue weighted by Crippen LogP contribution is 2.32. The van der Waals surface area contributed by atoms with Crippen LogP contribution in [0.3, 0.4) is 0 Å². The minimum Gasteiger partial charge on any atom is -0.508 e. The standard InChI is InChI=1S/C21H18N2O/c1-14-7-3-4-8-17(14)21-22-18-9-5-6-10-20(18)23(21)19-12-11-16(24)13-15(19)2/h3-13,24H,1-2H3. The number of hydrogen-bond donors (Lipinski definition) is 1. The Kier molecular flexibility index (Phi) is 3.35. The van der Waals surface area contributed by atoms with E-state index in [4.69, 9.17) is 4.98 Å². The average molecular weight is 314 g/mol. The van der Waals surface area contributed by atoms with E-state index in [9.17, 15) is 5.11 Å². The van der Waals surface area contributed by atoms with Gasteiger partial charge < -0.3 is 5.11 Å². The molecule has 0 saturated carbocycles. The van der Waals surface area contributed by atoms with Gasteiger partial charge in [0.15, 0.2) is 0 Å². The summed E-state index contributed by atoms with van der Waals surface area (Å²) in [5.41, 5.74) is 6.35. The first-order valence-electron chi connectivity index (χ1n) is 7.98. The second kappa shape index (κ2) is 5.53. The Morgan fingerprint density at radius 2 is 1.58 bits per heavy atom. The first-order chi connectivity index (χ1) is 11.6. The van der Waals surface area contributed by atoms with Crippen LogP contribution in [-0.2, 0) is 0 Å². The summed E-state index contributed by atoms with van der Waals surface area (Å²) in [6.07, 6.45) is 0. The van der Waals surface area contributed by atoms with Crippen LogP contribution in [0.2, 0.25) is 0 Å². The average Bonchev–Trinajstić information content (AvgIpc) is 2.94. The van der Waals surface area contributed by atoms with Gasteiger partial charge in [0.1, 0.15) is 11.6 Å². The lowest BCUT2D eigenvalue weighted by atomic mass is 10.1. The van der Waals surface area contributed by atoms with Crippen molar-refractivity contribution in [3.05, 3.63) is 77.9 Å². The van der Waals surface area contributed by atoms with Gasteiger partial charge in [-0.25, -0.2) is 4.98 Å². The summed E-state index contributed by atoms with van der Waals surface area (Å²) >= 11 is 0. The number of para-hydroxylation sites is 2. The zero-order valence-corrected chi connectivity index (χ0v) is 13.7. The quantitative estimate of drug-likeness (QED) is 0.564. The normalized spacial score (nSPS) is 11.1. The molecule has 3 nitrogen and oxygen atoms in total. The molecule has 1 aromatic heterocycles. The predicted octanol–water partition coefficient (Wildman–Crippen LogP) is 5.01. The van der Waals surface area contributed by atoms with Crippen molar-refractivity contribution in [2.24, 2.45) is 0 Å². The number of nitrogens with zero attached hydrogens (tertiary/aromatic N) is 2. The molecule has 4 rings (SSSR count). The molecule has 3 heteroatoms. The van der Waals surface area contributed by atoms with Crippen LogP contribution in [0.15, 0.2) is 66.7 Å². The lowest BCUT2D eigenvalue weighted by molar-refractivity contribution is 0.475. The number of hydrogen-bond acceptors (Lipinski definition) is 2. The highest BCUT2D eigenvalue weighted by molar-refractivity contribution is 5.84. The van der Waals surface area contributed by atoms with Crippen molar-refractivity contribution in [3.63, 3.8) is 0 Å². The third-order valence-electron chi connectivity index (χ3n) is 4.37. The number of imidazole rings is 1. The van der Waals surface area contributed by atoms with Crippen LogP contribution >= 0.6 is 0 Å². The van der Waals surface area contributed by atoms with Gasteiger partial charge in [0.05, 0.1) is 16.7 Å². The molecular formula is C21H18N2O. The van der Waals surface area contributed by atoms with E-state index in [1.165, 1.54) is 5.56 Å². The molecule has 0 aliphatic carbocycles. The molecule has 0 bridgehead atoms. The van der Waals surface area contributed by atoms with Gasteiger partial charge in [0, 0.05) is 5.56 Å². The smallest absolute Gasteiger partial charge is 0.145 e. The van der Waals surface area contributed by atoms with Crippen LogP contribution in [-0.4, -0.2) is 14.7 Å². The first-order valence-corrected chi connectivity index (χ1v) is 7.98. The molecule has 4 aromatic rings. The fraction of sp³-hybridized carbons (Fsp3) is 0.0952. The van der Waals surface area contributed by atoms with Crippen LogP contribution in [0.25, 0.3) is 28.1 Å². The fourth-order valence-electron chi connectivity index (χ4n) is 3.16. The summed E-state index contributed by atoms with van der Waals surface area (Å²) in [5.74, 6) is 1.20. The van der Waals surface area contributed by atoms with E-state index in [-0.39, 0.29) is 5.75 Å². The number of aryl methyl sites for hydroxylation is 2. The van der Waals surface area contributed by atoms with E-state index < -0.39 is 0 Å². The van der Waals surface area contributed by atoms with E-state index in [0.717, 1.165) is 33.7 Å². The topological polar surface area (TPSA) is 38.0 Å². The molecule has 1 N–H and O–H groups in total. The number of aromatic nitrogens is 2. The lowest BCUT2D eigenvalue weighted by Gasteiger charge is -2.14. The van der Waals surface area contributed by atoms with Gasteiger partial charge in [-0.15, -0.1) is 0 Å². The number of fused-ring (bicyclic) bond motifs is 1. The van der Waals surface area contributed by atoms with Crippen molar-refractivity contribution >= 4 is 11.0 Å². The van der Waals surface area contributed by atoms with Crippen molar-refractivity contribution in [3.8, 4) is 22.8 Å². The third-order valence-corrected chi connectivity index (χ3v) is 4.37. The lowest BCUT2D eigenvalue weighted by Crippen LogP contribution is -2.00. The fourth-order valence-corrected chi connectivity index (χ4v) is 3.16. The summed E-state index contributed by atoms with van der Waals surface area (Å²) in [6, 6.07) is 21.9. The first kappa shape index (κ1) is 14.5. The minimum atomic E-state index is 0.276. The molecule has 0 atom stereocenters. The van der Waals surface area contributed by atoms with E-state index in [1.807, 2.05) is 43.3 Å². The van der Waals surface area contributed by atoms with Crippen LogP contribution in [0.5, 0.6) is 5.75 Å². The molecule has 0 spiro atoms. The summed E-state index contributed by atoms with van der Waals surface area (Å²) in [5, 5.41) is 9.75. The van der Waals surface area contributed by atoms with Gasteiger partial charge in [-0.05, 0) is 55.3 Å².